The summed E-state index contributed by atoms with van der Waals surface area (Å²) in [6.07, 6.45) is 18.0. The Morgan fingerprint density at radius 2 is 1.50 bits per heavy atom. The van der Waals surface area contributed by atoms with E-state index in [4.69, 9.17) is 9.47 Å². The van der Waals surface area contributed by atoms with E-state index in [1.165, 1.54) is 57.8 Å². The van der Waals surface area contributed by atoms with Crippen LogP contribution in [0.2, 0.25) is 0 Å². The van der Waals surface area contributed by atoms with Gasteiger partial charge in [0.25, 0.3) is 0 Å². The Balaban J connectivity index is 1.94. The van der Waals surface area contributed by atoms with Crippen molar-refractivity contribution in [2.24, 2.45) is 0 Å². The van der Waals surface area contributed by atoms with E-state index in [-0.39, 0.29) is 13.2 Å². The lowest BCUT2D eigenvalue weighted by molar-refractivity contribution is -0.144. The number of aromatic amines is 1. The van der Waals surface area contributed by atoms with Crippen molar-refractivity contribution < 1.29 is 19.1 Å². The van der Waals surface area contributed by atoms with Crippen molar-refractivity contribution in [2.45, 2.75) is 97.8 Å². The topological polar surface area (TPSA) is 87.8 Å². The average molecular weight is 505 g/mol. The zero-order valence-corrected chi connectivity index (χ0v) is 22.9. The molecule has 0 aromatic carbocycles. The van der Waals surface area contributed by atoms with Crippen molar-refractivity contribution in [2.75, 3.05) is 39.5 Å². The van der Waals surface area contributed by atoms with Gasteiger partial charge in [-0.05, 0) is 33.1 Å². The number of rotatable bonds is 19. The van der Waals surface area contributed by atoms with Gasteiger partial charge in [0.2, 0.25) is 0 Å². The van der Waals surface area contributed by atoms with Gasteiger partial charge in [0.15, 0.2) is 0 Å². The predicted octanol–water partition coefficient (Wildman–Crippen LogP) is 5.22. The molecule has 8 nitrogen and oxygen atoms in total. The largest absolute Gasteiger partial charge is 0.463 e. The summed E-state index contributed by atoms with van der Waals surface area (Å²) in [4.78, 5) is 37.2. The number of unbranched alkanes of at least 4 members (excludes halogenated alkanes) is 9. The van der Waals surface area contributed by atoms with E-state index >= 15 is 0 Å². The monoisotopic (exact) mass is 504 g/mol. The number of nitrogens with one attached hydrogen (secondary N) is 1. The highest BCUT2D eigenvalue weighted by Crippen LogP contribution is 2.23. The minimum absolute atomic E-state index is 0.267. The fourth-order valence-corrected chi connectivity index (χ4v) is 4.72. The fraction of sp³-hybridized carbons (Fsp3) is 0.750. The van der Waals surface area contributed by atoms with Crippen LogP contribution in [0.3, 0.4) is 0 Å². The van der Waals surface area contributed by atoms with Gasteiger partial charge in [-0.25, -0.2) is 14.6 Å². The summed E-state index contributed by atoms with van der Waals surface area (Å²) in [5.74, 6) is -0.868. The summed E-state index contributed by atoms with van der Waals surface area (Å²) >= 11 is 0. The maximum absolute atomic E-state index is 12.9. The fourth-order valence-electron chi connectivity index (χ4n) is 4.72. The molecule has 8 heteroatoms. The Morgan fingerprint density at radius 1 is 0.861 bits per heavy atom. The number of hydrogen-bond acceptors (Lipinski definition) is 7. The molecule has 0 saturated heterocycles. The zero-order valence-electron chi connectivity index (χ0n) is 22.9. The molecule has 0 amide bonds. The highest BCUT2D eigenvalue weighted by molar-refractivity contribution is 6.00. The molecule has 0 fully saturated rings. The number of ether oxygens (including phenoxy) is 2. The SMILES string of the molecule is CCCCCCCCCCCCN1CC(C(=O)OCC)=C(C(=O)OCC)N(CCCc2cnc[nH]2)C1. The maximum atomic E-state index is 12.9. The van der Waals surface area contributed by atoms with E-state index in [1.54, 1.807) is 20.2 Å². The molecular weight excluding hydrogens is 456 g/mol. The first-order valence-corrected chi connectivity index (χ1v) is 14.1. The van der Waals surface area contributed by atoms with Crippen molar-refractivity contribution in [3.05, 3.63) is 29.5 Å². The number of esters is 2. The Morgan fingerprint density at radius 3 is 2.11 bits per heavy atom. The number of aromatic nitrogens is 2. The summed E-state index contributed by atoms with van der Waals surface area (Å²) in [5, 5.41) is 0. The number of carbonyl (C=O) groups excluding carboxylic acids is 2. The molecule has 1 aromatic heterocycles. The van der Waals surface area contributed by atoms with Crippen LogP contribution in [0.5, 0.6) is 0 Å². The van der Waals surface area contributed by atoms with Gasteiger partial charge >= 0.3 is 11.9 Å². The van der Waals surface area contributed by atoms with E-state index in [1.807, 2.05) is 11.1 Å². The quantitative estimate of drug-likeness (QED) is 0.204. The number of imidazole rings is 1. The maximum Gasteiger partial charge on any atom is 0.355 e. The van der Waals surface area contributed by atoms with Gasteiger partial charge in [-0.15, -0.1) is 0 Å². The van der Waals surface area contributed by atoms with Crippen LogP contribution in [0, 0.1) is 0 Å². The van der Waals surface area contributed by atoms with Gasteiger partial charge in [-0.3, -0.25) is 4.90 Å². The predicted molar refractivity (Wildman–Crippen MR) is 142 cm³/mol. The van der Waals surface area contributed by atoms with Crippen LogP contribution in [0.15, 0.2) is 23.8 Å². The molecule has 1 N–H and O–H groups in total. The molecule has 0 spiro atoms. The second-order valence-electron chi connectivity index (χ2n) is 9.59. The summed E-state index contributed by atoms with van der Waals surface area (Å²) in [6, 6.07) is 0. The minimum atomic E-state index is -0.444. The summed E-state index contributed by atoms with van der Waals surface area (Å²) in [7, 11) is 0. The van der Waals surface area contributed by atoms with Crippen LogP contribution in [-0.4, -0.2) is 71.2 Å². The van der Waals surface area contributed by atoms with Crippen molar-refractivity contribution >= 4 is 11.9 Å². The molecule has 1 aliphatic heterocycles. The molecule has 0 unspecified atom stereocenters. The minimum Gasteiger partial charge on any atom is -0.463 e. The van der Waals surface area contributed by atoms with Crippen LogP contribution in [0.1, 0.15) is 97.1 Å². The number of carbonyl (C=O) groups is 2. The van der Waals surface area contributed by atoms with Crippen molar-refractivity contribution in [3.8, 4) is 0 Å². The Hall–Kier alpha value is -2.35. The van der Waals surface area contributed by atoms with Gasteiger partial charge in [0.05, 0.1) is 31.8 Å². The molecule has 1 aliphatic rings. The first-order chi connectivity index (χ1) is 17.6. The number of hydrogen-bond donors (Lipinski definition) is 1. The second kappa shape index (κ2) is 18.0. The molecule has 2 heterocycles. The van der Waals surface area contributed by atoms with E-state index < -0.39 is 11.9 Å². The van der Waals surface area contributed by atoms with Gasteiger partial charge in [-0.1, -0.05) is 64.7 Å². The Kier molecular flexibility index (Phi) is 14.9. The molecule has 0 radical (unpaired) electrons. The Labute approximate surface area is 217 Å². The molecule has 1 aromatic rings. The number of aryl methyl sites for hydroxylation is 1. The third-order valence-electron chi connectivity index (χ3n) is 6.60. The van der Waals surface area contributed by atoms with Crippen LogP contribution < -0.4 is 0 Å². The van der Waals surface area contributed by atoms with E-state index in [2.05, 4.69) is 21.8 Å². The standard InChI is InChI=1S/C28H48N4O4/c1-4-7-8-9-10-11-12-13-14-15-18-31-21-25(27(33)35-5-2)26(28(34)36-6-3)32(23-31)19-16-17-24-20-29-22-30-24/h20,22H,4-19,21,23H2,1-3H3,(H,29,30). The van der Waals surface area contributed by atoms with Crippen LogP contribution in [0.25, 0.3) is 0 Å². The van der Waals surface area contributed by atoms with Crippen molar-refractivity contribution in [1.82, 2.24) is 19.8 Å². The lowest BCUT2D eigenvalue weighted by Crippen LogP contribution is -2.48. The molecule has 0 aliphatic carbocycles. The smallest absolute Gasteiger partial charge is 0.355 e. The van der Waals surface area contributed by atoms with E-state index in [0.717, 1.165) is 31.5 Å². The highest BCUT2D eigenvalue weighted by Gasteiger charge is 2.34. The summed E-state index contributed by atoms with van der Waals surface area (Å²) in [6.45, 7) is 8.93. The lowest BCUT2D eigenvalue weighted by Gasteiger charge is -2.38. The molecule has 0 saturated carbocycles. The normalized spacial score (nSPS) is 14.4. The van der Waals surface area contributed by atoms with Gasteiger partial charge in [-0.2, -0.15) is 0 Å². The first kappa shape index (κ1) is 29.9. The average Bonchev–Trinajstić information content (AvgIpc) is 3.39. The number of nitrogens with zero attached hydrogens (tertiary/aromatic N) is 3. The molecule has 2 rings (SSSR count). The lowest BCUT2D eigenvalue weighted by atomic mass is 10.1. The van der Waals surface area contributed by atoms with Gasteiger partial charge in [0, 0.05) is 31.5 Å². The summed E-state index contributed by atoms with van der Waals surface area (Å²) < 4.78 is 10.7. The van der Waals surface area contributed by atoms with Crippen molar-refractivity contribution in [1.29, 1.82) is 0 Å². The molecule has 36 heavy (non-hydrogen) atoms. The van der Waals surface area contributed by atoms with Crippen LogP contribution in [-0.2, 0) is 25.5 Å². The van der Waals surface area contributed by atoms with Gasteiger partial charge in [0.1, 0.15) is 5.70 Å². The third-order valence-corrected chi connectivity index (χ3v) is 6.60. The first-order valence-electron chi connectivity index (χ1n) is 14.1. The molecule has 0 atom stereocenters. The Bertz CT molecular complexity index is 779. The van der Waals surface area contributed by atoms with Gasteiger partial charge < -0.3 is 19.4 Å². The number of H-pyrrole nitrogens is 1. The molecule has 0 bridgehead atoms. The van der Waals surface area contributed by atoms with Crippen molar-refractivity contribution in [3.63, 3.8) is 0 Å². The third kappa shape index (κ3) is 10.7. The van der Waals surface area contributed by atoms with E-state index in [0.29, 0.717) is 31.0 Å². The van der Waals surface area contributed by atoms with Crippen LogP contribution >= 0.6 is 0 Å². The zero-order chi connectivity index (χ0) is 26.0. The van der Waals surface area contributed by atoms with E-state index in [9.17, 15) is 9.59 Å². The highest BCUT2D eigenvalue weighted by atomic mass is 16.5. The molecular formula is C28H48N4O4. The summed E-state index contributed by atoms with van der Waals surface area (Å²) in [5.41, 5.74) is 1.83. The van der Waals surface area contributed by atoms with Crippen LogP contribution in [0.4, 0.5) is 0 Å². The molecule has 204 valence electrons. The second-order valence-corrected chi connectivity index (χ2v) is 9.59.